The summed E-state index contributed by atoms with van der Waals surface area (Å²) in [7, 11) is 0. The van der Waals surface area contributed by atoms with Crippen molar-refractivity contribution < 1.29 is 9.53 Å². The molecule has 19 heavy (non-hydrogen) atoms. The number of para-hydroxylation sites is 1. The number of carbonyl (C=O) groups excluding carboxylic acids is 1. The Bertz CT molecular complexity index is 439. The van der Waals surface area contributed by atoms with Gasteiger partial charge in [-0.3, -0.25) is 4.79 Å². The Kier molecular flexibility index (Phi) is 4.43. The van der Waals surface area contributed by atoms with E-state index in [0.29, 0.717) is 6.54 Å². The number of amides is 1. The van der Waals surface area contributed by atoms with Crippen LogP contribution in [-0.2, 0) is 4.79 Å². The van der Waals surface area contributed by atoms with Gasteiger partial charge in [0.05, 0.1) is 0 Å². The fraction of sp³-hybridized carbons (Fsp3) is 0.533. The van der Waals surface area contributed by atoms with Crippen molar-refractivity contribution in [2.24, 2.45) is 5.73 Å². The smallest absolute Gasteiger partial charge is 0.260 e. The number of hydrogen-bond acceptors (Lipinski definition) is 3. The summed E-state index contributed by atoms with van der Waals surface area (Å²) < 4.78 is 5.70. The molecule has 1 amide bonds. The molecule has 0 radical (unpaired) electrons. The van der Waals surface area contributed by atoms with E-state index >= 15 is 0 Å². The lowest BCUT2D eigenvalue weighted by Gasteiger charge is -2.23. The molecule has 1 fully saturated rings. The van der Waals surface area contributed by atoms with Crippen molar-refractivity contribution in [3.05, 3.63) is 29.3 Å². The number of carbonyl (C=O) groups is 1. The maximum Gasteiger partial charge on any atom is 0.260 e. The predicted molar refractivity (Wildman–Crippen MR) is 75.2 cm³/mol. The van der Waals surface area contributed by atoms with E-state index in [4.69, 9.17) is 10.5 Å². The van der Waals surface area contributed by atoms with Crippen LogP contribution >= 0.6 is 0 Å². The standard InChI is InChI=1S/C15H22N2O2/c1-11-5-3-6-12(2)15(11)19-10-14(18)17-8-4-7-13(17)9-16/h3,5-6,13H,4,7-10,16H2,1-2H3. The molecular weight excluding hydrogens is 240 g/mol. The Hall–Kier alpha value is -1.55. The van der Waals surface area contributed by atoms with Gasteiger partial charge in [-0.1, -0.05) is 18.2 Å². The van der Waals surface area contributed by atoms with Crippen molar-refractivity contribution in [2.45, 2.75) is 32.7 Å². The average molecular weight is 262 g/mol. The van der Waals surface area contributed by atoms with Crippen molar-refractivity contribution in [1.29, 1.82) is 0 Å². The Balaban J connectivity index is 1.97. The molecule has 4 heteroatoms. The third kappa shape index (κ3) is 3.07. The summed E-state index contributed by atoms with van der Waals surface area (Å²) in [5.41, 5.74) is 7.80. The van der Waals surface area contributed by atoms with Crippen LogP contribution in [0.4, 0.5) is 0 Å². The predicted octanol–water partition coefficient (Wildman–Crippen LogP) is 1.63. The molecule has 1 heterocycles. The maximum atomic E-state index is 12.2. The molecule has 104 valence electrons. The number of nitrogens with two attached hydrogens (primary N) is 1. The second-order valence-corrected chi connectivity index (χ2v) is 5.13. The Morgan fingerprint density at radius 1 is 1.42 bits per heavy atom. The van der Waals surface area contributed by atoms with Gasteiger partial charge in [0.25, 0.3) is 5.91 Å². The van der Waals surface area contributed by atoms with Crippen molar-refractivity contribution >= 4 is 5.91 Å². The first-order valence-electron chi connectivity index (χ1n) is 6.82. The molecule has 4 nitrogen and oxygen atoms in total. The number of rotatable bonds is 4. The zero-order valence-electron chi connectivity index (χ0n) is 11.7. The summed E-state index contributed by atoms with van der Waals surface area (Å²) in [4.78, 5) is 14.0. The van der Waals surface area contributed by atoms with Crippen LogP contribution in [0.15, 0.2) is 18.2 Å². The molecule has 2 rings (SSSR count). The first-order valence-corrected chi connectivity index (χ1v) is 6.82. The Labute approximate surface area is 114 Å². The highest BCUT2D eigenvalue weighted by Gasteiger charge is 2.27. The van der Waals surface area contributed by atoms with Gasteiger partial charge in [-0.05, 0) is 37.8 Å². The van der Waals surface area contributed by atoms with Gasteiger partial charge in [-0.15, -0.1) is 0 Å². The molecule has 1 saturated heterocycles. The van der Waals surface area contributed by atoms with Gasteiger partial charge in [0.15, 0.2) is 6.61 Å². The lowest BCUT2D eigenvalue weighted by atomic mass is 10.1. The summed E-state index contributed by atoms with van der Waals surface area (Å²) in [6.07, 6.45) is 2.04. The molecule has 1 aliphatic rings. The van der Waals surface area contributed by atoms with Gasteiger partial charge in [0.2, 0.25) is 0 Å². The molecule has 1 aromatic rings. The van der Waals surface area contributed by atoms with Crippen LogP contribution in [0.1, 0.15) is 24.0 Å². The second kappa shape index (κ2) is 6.06. The number of nitrogens with zero attached hydrogens (tertiary/aromatic N) is 1. The molecule has 0 aromatic heterocycles. The average Bonchev–Trinajstić information content (AvgIpc) is 2.86. The molecule has 0 saturated carbocycles. The van der Waals surface area contributed by atoms with E-state index in [2.05, 4.69) is 0 Å². The van der Waals surface area contributed by atoms with Crippen molar-refractivity contribution in [2.75, 3.05) is 19.7 Å². The fourth-order valence-electron chi connectivity index (χ4n) is 2.65. The van der Waals surface area contributed by atoms with E-state index in [0.717, 1.165) is 36.3 Å². The van der Waals surface area contributed by atoms with E-state index in [1.807, 2.05) is 36.9 Å². The van der Waals surface area contributed by atoms with Gasteiger partial charge in [-0.2, -0.15) is 0 Å². The van der Waals surface area contributed by atoms with Crippen LogP contribution in [0.3, 0.4) is 0 Å². The quantitative estimate of drug-likeness (QED) is 0.897. The van der Waals surface area contributed by atoms with Crippen molar-refractivity contribution in [1.82, 2.24) is 4.90 Å². The minimum Gasteiger partial charge on any atom is -0.483 e. The summed E-state index contributed by atoms with van der Waals surface area (Å²) in [6.45, 7) is 5.42. The van der Waals surface area contributed by atoms with Gasteiger partial charge in [0, 0.05) is 19.1 Å². The molecule has 0 spiro atoms. The molecule has 2 N–H and O–H groups in total. The lowest BCUT2D eigenvalue weighted by molar-refractivity contribution is -0.134. The van der Waals surface area contributed by atoms with Crippen molar-refractivity contribution in [3.8, 4) is 5.75 Å². The van der Waals surface area contributed by atoms with Crippen molar-refractivity contribution in [3.63, 3.8) is 0 Å². The molecule has 0 aliphatic carbocycles. The third-order valence-corrected chi connectivity index (χ3v) is 3.72. The lowest BCUT2D eigenvalue weighted by Crippen LogP contribution is -2.42. The summed E-state index contributed by atoms with van der Waals surface area (Å²) in [5.74, 6) is 0.856. The molecule has 1 aromatic carbocycles. The monoisotopic (exact) mass is 262 g/mol. The first-order chi connectivity index (χ1) is 9.13. The summed E-state index contributed by atoms with van der Waals surface area (Å²) in [6, 6.07) is 6.16. The van der Waals surface area contributed by atoms with Crippen LogP contribution in [0.5, 0.6) is 5.75 Å². The Morgan fingerprint density at radius 3 is 2.74 bits per heavy atom. The largest absolute Gasteiger partial charge is 0.483 e. The van der Waals surface area contributed by atoms with Crippen LogP contribution in [0.2, 0.25) is 0 Å². The first kappa shape index (κ1) is 13.9. The van der Waals surface area contributed by atoms with Gasteiger partial charge >= 0.3 is 0 Å². The minimum atomic E-state index is 0.0376. The van der Waals surface area contributed by atoms with E-state index in [9.17, 15) is 4.79 Å². The number of likely N-dealkylation sites (tertiary alicyclic amines) is 1. The van der Waals surface area contributed by atoms with E-state index in [-0.39, 0.29) is 18.6 Å². The van der Waals surface area contributed by atoms with Crippen LogP contribution in [-0.4, -0.2) is 36.5 Å². The van der Waals surface area contributed by atoms with Crippen LogP contribution in [0.25, 0.3) is 0 Å². The molecule has 1 aliphatic heterocycles. The fourth-order valence-corrected chi connectivity index (χ4v) is 2.65. The van der Waals surface area contributed by atoms with E-state index in [1.165, 1.54) is 0 Å². The third-order valence-electron chi connectivity index (χ3n) is 3.72. The number of benzene rings is 1. The SMILES string of the molecule is Cc1cccc(C)c1OCC(=O)N1CCCC1CN. The highest BCUT2D eigenvalue weighted by molar-refractivity contribution is 5.78. The van der Waals surface area contributed by atoms with Crippen LogP contribution in [0, 0.1) is 13.8 Å². The van der Waals surface area contributed by atoms with E-state index < -0.39 is 0 Å². The normalized spacial score (nSPS) is 18.7. The van der Waals surface area contributed by atoms with Gasteiger partial charge in [-0.25, -0.2) is 0 Å². The van der Waals surface area contributed by atoms with Crippen LogP contribution < -0.4 is 10.5 Å². The zero-order chi connectivity index (χ0) is 13.8. The Morgan fingerprint density at radius 2 is 2.11 bits per heavy atom. The maximum absolute atomic E-state index is 12.2. The van der Waals surface area contributed by atoms with Gasteiger partial charge < -0.3 is 15.4 Å². The van der Waals surface area contributed by atoms with Gasteiger partial charge in [0.1, 0.15) is 5.75 Å². The highest BCUT2D eigenvalue weighted by atomic mass is 16.5. The highest BCUT2D eigenvalue weighted by Crippen LogP contribution is 2.23. The molecule has 0 bridgehead atoms. The second-order valence-electron chi connectivity index (χ2n) is 5.13. The molecular formula is C15H22N2O2. The number of aryl methyl sites for hydroxylation is 2. The zero-order valence-corrected chi connectivity index (χ0v) is 11.7. The summed E-state index contributed by atoms with van der Waals surface area (Å²) >= 11 is 0. The minimum absolute atomic E-state index is 0.0376. The molecule has 1 atom stereocenters. The number of hydrogen-bond donors (Lipinski definition) is 1. The number of ether oxygens (including phenoxy) is 1. The summed E-state index contributed by atoms with van der Waals surface area (Å²) in [5, 5.41) is 0. The molecule has 1 unspecified atom stereocenters. The topological polar surface area (TPSA) is 55.6 Å². The van der Waals surface area contributed by atoms with E-state index in [1.54, 1.807) is 0 Å².